The quantitative estimate of drug-likeness (QED) is 0.519. The van der Waals surface area contributed by atoms with Crippen LogP contribution in [0.15, 0.2) is 35.3 Å². The van der Waals surface area contributed by atoms with Gasteiger partial charge in [0.15, 0.2) is 5.43 Å². The average molecular weight is 492 g/mol. The molecule has 3 unspecified atom stereocenters. The van der Waals surface area contributed by atoms with Crippen LogP contribution in [0.2, 0.25) is 0 Å². The zero-order chi connectivity index (χ0) is 25.3. The summed E-state index contributed by atoms with van der Waals surface area (Å²) in [7, 11) is 0. The maximum Gasteiger partial charge on any atom is 0.433 e. The number of aryl methyl sites for hydroxylation is 1. The number of aromatic nitrogens is 3. The Hall–Kier alpha value is -3.37. The Morgan fingerprint density at radius 3 is 2.63 bits per heavy atom. The molecule has 11 heteroatoms. The molecular weight excluding hydrogens is 471 g/mol. The van der Waals surface area contributed by atoms with Crippen molar-refractivity contribution in [3.8, 4) is 0 Å². The van der Waals surface area contributed by atoms with Crippen LogP contribution in [0.25, 0.3) is 10.9 Å². The first-order chi connectivity index (χ1) is 16.4. The summed E-state index contributed by atoms with van der Waals surface area (Å²) in [5.41, 5.74) is 4.77. The zero-order valence-corrected chi connectivity index (χ0v) is 18.5. The highest BCUT2D eigenvalue weighted by molar-refractivity contribution is 6.03. The van der Waals surface area contributed by atoms with E-state index in [9.17, 15) is 31.5 Å². The fraction of sp³-hybridized carbons (Fsp3) is 0.417. The first kappa shape index (κ1) is 23.4. The summed E-state index contributed by atoms with van der Waals surface area (Å²) in [6.07, 6.45) is -3.34. The van der Waals surface area contributed by atoms with Gasteiger partial charge in [-0.3, -0.25) is 14.6 Å². The normalized spacial score (nSPS) is 25.7. The van der Waals surface area contributed by atoms with Gasteiger partial charge in [0, 0.05) is 41.9 Å². The van der Waals surface area contributed by atoms with Crippen LogP contribution < -0.4 is 11.2 Å². The van der Waals surface area contributed by atoms with Crippen LogP contribution in [0.5, 0.6) is 0 Å². The van der Waals surface area contributed by atoms with Gasteiger partial charge in [-0.25, -0.2) is 13.8 Å². The van der Waals surface area contributed by atoms with E-state index in [1.165, 1.54) is 31.3 Å². The number of aromatic amines is 1. The van der Waals surface area contributed by atoms with Gasteiger partial charge >= 0.3 is 6.18 Å². The molecule has 2 aliphatic rings. The summed E-state index contributed by atoms with van der Waals surface area (Å²) in [6, 6.07) is 4.92. The van der Waals surface area contributed by atoms with Crippen molar-refractivity contribution in [3.05, 3.63) is 69.0 Å². The molecule has 0 spiro atoms. The van der Waals surface area contributed by atoms with Crippen molar-refractivity contribution in [1.82, 2.24) is 15.0 Å². The molecule has 0 aliphatic heterocycles. The number of halogens is 5. The van der Waals surface area contributed by atoms with Crippen LogP contribution >= 0.6 is 0 Å². The van der Waals surface area contributed by atoms with Crippen molar-refractivity contribution in [3.63, 3.8) is 0 Å². The first-order valence-electron chi connectivity index (χ1n) is 11.1. The van der Waals surface area contributed by atoms with Crippen molar-refractivity contribution in [1.29, 1.82) is 0 Å². The Balaban J connectivity index is 1.66. The topological polar surface area (TPSA) is 102 Å². The number of pyridine rings is 3. The van der Waals surface area contributed by atoms with Gasteiger partial charge in [0.1, 0.15) is 11.4 Å². The molecule has 2 saturated carbocycles. The summed E-state index contributed by atoms with van der Waals surface area (Å²) in [4.78, 5) is 35.4. The second-order valence-corrected chi connectivity index (χ2v) is 9.34. The lowest BCUT2D eigenvalue weighted by Gasteiger charge is -2.26. The van der Waals surface area contributed by atoms with Gasteiger partial charge in [-0.2, -0.15) is 13.2 Å². The predicted molar refractivity (Wildman–Crippen MR) is 116 cm³/mol. The second-order valence-electron chi connectivity index (χ2n) is 9.34. The zero-order valence-electron chi connectivity index (χ0n) is 18.5. The Bertz CT molecular complexity index is 1400. The lowest BCUT2D eigenvalue weighted by molar-refractivity contribution is -0.141. The average Bonchev–Trinajstić information content (AvgIpc) is 3.30. The Morgan fingerprint density at radius 2 is 1.97 bits per heavy atom. The smallest absolute Gasteiger partial charge is 0.364 e. The number of hydrogen-bond acceptors (Lipinski definition) is 4. The van der Waals surface area contributed by atoms with Crippen LogP contribution in [-0.4, -0.2) is 26.8 Å². The fourth-order valence-corrected chi connectivity index (χ4v) is 6.01. The molecule has 3 aromatic rings. The lowest BCUT2D eigenvalue weighted by Crippen LogP contribution is -2.23. The minimum atomic E-state index is -4.63. The highest BCUT2D eigenvalue weighted by atomic mass is 19.4. The summed E-state index contributed by atoms with van der Waals surface area (Å²) < 4.78 is 69.1. The highest BCUT2D eigenvalue weighted by Crippen LogP contribution is 2.63. The number of rotatable bonds is 3. The fourth-order valence-electron chi connectivity index (χ4n) is 6.01. The molecule has 0 bridgehead atoms. The molecule has 0 saturated heterocycles. The number of nitrogens with zero attached hydrogens (tertiary/aromatic N) is 2. The van der Waals surface area contributed by atoms with E-state index < -0.39 is 52.8 Å². The number of alkyl halides is 5. The maximum atomic E-state index is 14.8. The molecule has 0 radical (unpaired) electrons. The number of fused-ring (bicyclic) bond motifs is 2. The first-order valence-corrected chi connectivity index (χ1v) is 11.1. The van der Waals surface area contributed by atoms with E-state index in [2.05, 4.69) is 15.0 Å². The van der Waals surface area contributed by atoms with Gasteiger partial charge in [0.25, 0.3) is 11.8 Å². The van der Waals surface area contributed by atoms with Gasteiger partial charge in [-0.15, -0.1) is 0 Å². The van der Waals surface area contributed by atoms with Gasteiger partial charge in [0.2, 0.25) is 0 Å². The van der Waals surface area contributed by atoms with E-state index in [0.29, 0.717) is 11.3 Å². The van der Waals surface area contributed by atoms with E-state index in [1.54, 1.807) is 0 Å². The van der Waals surface area contributed by atoms with Crippen LogP contribution in [0.4, 0.5) is 22.0 Å². The number of nitrogens with one attached hydrogen (secondary N) is 1. The van der Waals surface area contributed by atoms with Crippen molar-refractivity contribution < 1.29 is 26.7 Å². The van der Waals surface area contributed by atoms with E-state index in [-0.39, 0.29) is 41.6 Å². The summed E-state index contributed by atoms with van der Waals surface area (Å²) in [5, 5.41) is -0.00352. The van der Waals surface area contributed by atoms with E-state index >= 15 is 0 Å². The molecule has 0 aromatic carbocycles. The molecule has 35 heavy (non-hydrogen) atoms. The minimum Gasteiger partial charge on any atom is -0.364 e. The van der Waals surface area contributed by atoms with E-state index in [4.69, 9.17) is 5.73 Å². The number of H-pyrrole nitrogens is 1. The van der Waals surface area contributed by atoms with Gasteiger partial charge in [0.05, 0.1) is 10.9 Å². The van der Waals surface area contributed by atoms with Crippen molar-refractivity contribution in [2.75, 3.05) is 0 Å². The third-order valence-electron chi connectivity index (χ3n) is 7.45. The number of carbonyl (C=O) groups excluding carboxylic acids is 1. The molecule has 3 aromatic heterocycles. The lowest BCUT2D eigenvalue weighted by atomic mass is 9.79. The van der Waals surface area contributed by atoms with Gasteiger partial charge < -0.3 is 10.7 Å². The molecule has 184 valence electrons. The minimum absolute atomic E-state index is 0.00352. The van der Waals surface area contributed by atoms with Gasteiger partial charge in [-0.1, -0.05) is 6.07 Å². The Morgan fingerprint density at radius 1 is 1.23 bits per heavy atom. The van der Waals surface area contributed by atoms with Crippen molar-refractivity contribution in [2.24, 2.45) is 17.6 Å². The van der Waals surface area contributed by atoms with E-state index in [1.807, 2.05) is 0 Å². The summed E-state index contributed by atoms with van der Waals surface area (Å²) in [6.45, 7) is 1.44. The molecule has 6 nitrogen and oxygen atoms in total. The van der Waals surface area contributed by atoms with E-state index in [0.717, 1.165) is 6.07 Å². The number of hydrogen-bond donors (Lipinski definition) is 2. The maximum absolute atomic E-state index is 14.8. The number of nitrogens with two attached hydrogens (primary N) is 1. The molecule has 2 fully saturated rings. The number of carbonyl (C=O) groups is 1. The van der Waals surface area contributed by atoms with Crippen LogP contribution in [0.1, 0.15) is 64.2 Å². The number of primary amides is 1. The summed E-state index contributed by atoms with van der Waals surface area (Å²) in [5.74, 6) is -6.40. The molecule has 2 aliphatic carbocycles. The Kier molecular flexibility index (Phi) is 5.22. The molecule has 1 amide bonds. The third-order valence-corrected chi connectivity index (χ3v) is 7.45. The molecule has 4 atom stereocenters. The Labute approximate surface area is 195 Å². The second kappa shape index (κ2) is 7.82. The van der Waals surface area contributed by atoms with Crippen LogP contribution in [0.3, 0.4) is 0 Å². The van der Waals surface area contributed by atoms with Crippen molar-refractivity contribution in [2.45, 2.75) is 50.1 Å². The SMILES string of the molecule is Cc1nc(C(F)(F)F)ccc1[C@H]1C(c2cc(=O)c3c(C(N)=O)nccc3[nH]2)CC2C1CCC2(F)F. The monoisotopic (exact) mass is 492 g/mol. The standard InChI is InChI=1S/C24H21F5N4O2/c1-10-11(2-3-18(32-10)24(27,28)29)19-12-4-6-23(25,26)14(12)8-13(19)16-9-17(34)20-15(33-16)5-7-31-21(20)22(30)35/h2-3,5,7,9,12-14,19H,4,6,8H2,1H3,(H2,30,35)(H,33,34)/t12?,13?,14?,19-/m1/s1. The predicted octanol–water partition coefficient (Wildman–Crippen LogP) is 4.68. The van der Waals surface area contributed by atoms with Crippen LogP contribution in [-0.2, 0) is 6.18 Å². The van der Waals surface area contributed by atoms with Crippen molar-refractivity contribution >= 4 is 16.8 Å². The number of amides is 1. The molecule has 3 N–H and O–H groups in total. The highest BCUT2D eigenvalue weighted by Gasteiger charge is 2.59. The molecule has 5 rings (SSSR count). The van der Waals surface area contributed by atoms with Crippen LogP contribution in [0, 0.1) is 18.8 Å². The third kappa shape index (κ3) is 3.77. The van der Waals surface area contributed by atoms with Gasteiger partial charge in [-0.05, 0) is 49.3 Å². The molecular formula is C24H21F5N4O2. The summed E-state index contributed by atoms with van der Waals surface area (Å²) >= 11 is 0. The largest absolute Gasteiger partial charge is 0.433 e. The molecule has 3 heterocycles.